The summed E-state index contributed by atoms with van der Waals surface area (Å²) < 4.78 is 5.19. The minimum absolute atomic E-state index is 0.124. The lowest BCUT2D eigenvalue weighted by molar-refractivity contribution is -0.146. The molecule has 124 valence electrons. The van der Waals surface area contributed by atoms with Crippen LogP contribution in [0.25, 0.3) is 0 Å². The van der Waals surface area contributed by atoms with Crippen LogP contribution in [0.2, 0.25) is 0 Å². The fourth-order valence-corrected chi connectivity index (χ4v) is 2.97. The van der Waals surface area contributed by atoms with Crippen molar-refractivity contribution in [2.75, 3.05) is 46.9 Å². The number of hydrogen-bond acceptors (Lipinski definition) is 5. The maximum absolute atomic E-state index is 12.0. The molecule has 0 radical (unpaired) electrons. The Morgan fingerprint density at radius 3 is 2.43 bits per heavy atom. The van der Waals surface area contributed by atoms with Crippen LogP contribution in [0.5, 0.6) is 0 Å². The lowest BCUT2D eigenvalue weighted by Crippen LogP contribution is -2.51. The van der Waals surface area contributed by atoms with Gasteiger partial charge in [-0.25, -0.2) is 0 Å². The molecule has 0 spiro atoms. The second-order valence-electron chi connectivity index (χ2n) is 6.63. The van der Waals surface area contributed by atoms with Gasteiger partial charge in [0.05, 0.1) is 6.61 Å². The van der Waals surface area contributed by atoms with Crippen molar-refractivity contribution in [3.8, 4) is 0 Å². The van der Waals surface area contributed by atoms with E-state index in [9.17, 15) is 4.79 Å². The van der Waals surface area contributed by atoms with Crippen molar-refractivity contribution < 1.29 is 9.53 Å². The first-order chi connectivity index (χ1) is 9.92. The highest BCUT2D eigenvalue weighted by molar-refractivity contribution is 5.76. The summed E-state index contributed by atoms with van der Waals surface area (Å²) in [5, 5.41) is 3.33. The van der Waals surface area contributed by atoms with E-state index >= 15 is 0 Å². The van der Waals surface area contributed by atoms with Crippen molar-refractivity contribution in [1.29, 1.82) is 0 Å². The highest BCUT2D eigenvalue weighted by Gasteiger charge is 2.26. The molecule has 0 aromatic heterocycles. The molecular formula is C16H33N3O2. The molecule has 1 N–H and O–H groups in total. The van der Waals surface area contributed by atoms with Gasteiger partial charge in [-0.2, -0.15) is 0 Å². The fourth-order valence-electron chi connectivity index (χ4n) is 2.97. The molecule has 5 nitrogen and oxygen atoms in total. The quantitative estimate of drug-likeness (QED) is 0.682. The Balaban J connectivity index is 2.43. The number of nitrogens with zero attached hydrogens (tertiary/aromatic N) is 2. The first kappa shape index (κ1) is 18.4. The maximum Gasteiger partial charge on any atom is 0.324 e. The molecule has 1 aliphatic heterocycles. The highest BCUT2D eigenvalue weighted by Crippen LogP contribution is 2.18. The molecule has 21 heavy (non-hydrogen) atoms. The molecule has 5 heteroatoms. The van der Waals surface area contributed by atoms with Gasteiger partial charge in [-0.1, -0.05) is 13.8 Å². The van der Waals surface area contributed by atoms with E-state index in [0.29, 0.717) is 6.61 Å². The Labute approximate surface area is 130 Å². The topological polar surface area (TPSA) is 44.8 Å². The summed E-state index contributed by atoms with van der Waals surface area (Å²) in [7, 11) is 4.27. The number of ether oxygens (including phenoxy) is 1. The van der Waals surface area contributed by atoms with Crippen LogP contribution in [0.15, 0.2) is 0 Å². The molecule has 1 unspecified atom stereocenters. The van der Waals surface area contributed by atoms with Gasteiger partial charge in [-0.3, -0.25) is 4.79 Å². The molecule has 0 aliphatic carbocycles. The largest absolute Gasteiger partial charge is 0.465 e. The molecule has 1 rings (SSSR count). The molecule has 0 saturated carbocycles. The lowest BCUT2D eigenvalue weighted by atomic mass is 9.96. The van der Waals surface area contributed by atoms with Crippen LogP contribution in [-0.2, 0) is 9.53 Å². The number of likely N-dealkylation sites (tertiary alicyclic amines) is 1. The predicted molar refractivity (Wildman–Crippen MR) is 86.4 cm³/mol. The van der Waals surface area contributed by atoms with E-state index < -0.39 is 0 Å². The van der Waals surface area contributed by atoms with Gasteiger partial charge in [0.1, 0.15) is 6.04 Å². The van der Waals surface area contributed by atoms with Gasteiger partial charge in [0.25, 0.3) is 0 Å². The third-order valence-electron chi connectivity index (χ3n) is 3.88. The zero-order valence-electron chi connectivity index (χ0n) is 14.4. The molecule has 1 atom stereocenters. The summed E-state index contributed by atoms with van der Waals surface area (Å²) in [6.07, 6.45) is 2.44. The molecule has 1 saturated heterocycles. The van der Waals surface area contributed by atoms with E-state index in [0.717, 1.165) is 25.6 Å². The van der Waals surface area contributed by atoms with Crippen LogP contribution >= 0.6 is 0 Å². The summed E-state index contributed by atoms with van der Waals surface area (Å²) in [6.45, 7) is 10.5. The van der Waals surface area contributed by atoms with Gasteiger partial charge in [0.15, 0.2) is 0 Å². The van der Waals surface area contributed by atoms with Gasteiger partial charge in [-0.15, -0.1) is 0 Å². The van der Waals surface area contributed by atoms with E-state index in [1.165, 1.54) is 19.4 Å². The van der Waals surface area contributed by atoms with E-state index in [2.05, 4.69) is 43.1 Å². The zero-order valence-corrected chi connectivity index (χ0v) is 14.4. The molecule has 1 heterocycles. The van der Waals surface area contributed by atoms with Crippen LogP contribution in [0, 0.1) is 5.92 Å². The van der Waals surface area contributed by atoms with Crippen LogP contribution in [0.3, 0.4) is 0 Å². The first-order valence-corrected chi connectivity index (χ1v) is 8.22. The van der Waals surface area contributed by atoms with Gasteiger partial charge in [0, 0.05) is 19.1 Å². The monoisotopic (exact) mass is 299 g/mol. The molecule has 1 aliphatic rings. The predicted octanol–water partition coefficient (Wildman–Crippen LogP) is 1.19. The third kappa shape index (κ3) is 7.25. The van der Waals surface area contributed by atoms with E-state index in [1.54, 1.807) is 0 Å². The average molecular weight is 299 g/mol. The first-order valence-electron chi connectivity index (χ1n) is 8.22. The van der Waals surface area contributed by atoms with Crippen LogP contribution in [-0.4, -0.2) is 74.7 Å². The summed E-state index contributed by atoms with van der Waals surface area (Å²) in [6, 6.07) is 0.0704. The number of esters is 1. The third-order valence-corrected chi connectivity index (χ3v) is 3.88. The minimum atomic E-state index is -0.213. The highest BCUT2D eigenvalue weighted by atomic mass is 16.5. The van der Waals surface area contributed by atoms with Crippen molar-refractivity contribution in [2.45, 2.75) is 45.7 Å². The molecule has 0 amide bonds. The number of carbonyl (C=O) groups excluding carboxylic acids is 1. The number of nitrogens with one attached hydrogen (secondary N) is 1. The second-order valence-corrected chi connectivity index (χ2v) is 6.63. The van der Waals surface area contributed by atoms with Crippen molar-refractivity contribution in [2.24, 2.45) is 5.92 Å². The number of hydrogen-bond donors (Lipinski definition) is 1. The maximum atomic E-state index is 12.0. The molecule has 1 fully saturated rings. The Kier molecular flexibility index (Phi) is 8.22. The van der Waals surface area contributed by atoms with Gasteiger partial charge < -0.3 is 19.9 Å². The Morgan fingerprint density at radius 2 is 1.95 bits per heavy atom. The van der Waals surface area contributed by atoms with Crippen LogP contribution in [0.4, 0.5) is 0 Å². The summed E-state index contributed by atoms with van der Waals surface area (Å²) in [4.78, 5) is 16.7. The second kappa shape index (κ2) is 9.38. The van der Waals surface area contributed by atoms with E-state index in [-0.39, 0.29) is 18.1 Å². The molecular weight excluding hydrogens is 266 g/mol. The van der Waals surface area contributed by atoms with Crippen molar-refractivity contribution in [3.05, 3.63) is 0 Å². The number of rotatable bonds is 8. The van der Waals surface area contributed by atoms with Gasteiger partial charge in [0.2, 0.25) is 0 Å². The molecule has 0 aromatic carbocycles. The molecule has 0 aromatic rings. The van der Waals surface area contributed by atoms with Crippen molar-refractivity contribution >= 4 is 5.97 Å². The lowest BCUT2D eigenvalue weighted by Gasteiger charge is -2.35. The normalized spacial score (nSPS) is 19.2. The van der Waals surface area contributed by atoms with Crippen molar-refractivity contribution in [1.82, 2.24) is 15.1 Å². The number of carbonyl (C=O) groups is 1. The number of piperidine rings is 1. The summed E-state index contributed by atoms with van der Waals surface area (Å²) >= 11 is 0. The van der Waals surface area contributed by atoms with Crippen LogP contribution in [0.1, 0.15) is 33.6 Å². The smallest absolute Gasteiger partial charge is 0.324 e. The Bertz CT molecular complexity index is 300. The minimum Gasteiger partial charge on any atom is -0.465 e. The summed E-state index contributed by atoms with van der Waals surface area (Å²) in [5.41, 5.74) is 0. The van der Waals surface area contributed by atoms with E-state index in [4.69, 9.17) is 4.74 Å². The van der Waals surface area contributed by atoms with Crippen molar-refractivity contribution in [3.63, 3.8) is 0 Å². The Morgan fingerprint density at radius 1 is 1.33 bits per heavy atom. The summed E-state index contributed by atoms with van der Waals surface area (Å²) in [5.74, 6) is 0.664. The van der Waals surface area contributed by atoms with Gasteiger partial charge in [-0.05, 0) is 52.9 Å². The standard InChI is InChI=1S/C16H33N3O2/c1-6-21-16(20)15(17-13(2)3)12-19-9-7-14(8-10-19)11-18(4)5/h13-15,17H,6-12H2,1-5H3. The fraction of sp³-hybridized carbons (Fsp3) is 0.938. The van der Waals surface area contributed by atoms with Gasteiger partial charge >= 0.3 is 5.97 Å². The SMILES string of the molecule is CCOC(=O)C(CN1CCC(CN(C)C)CC1)NC(C)C. The van der Waals surface area contributed by atoms with E-state index in [1.807, 2.05) is 6.92 Å². The zero-order chi connectivity index (χ0) is 15.8. The van der Waals surface area contributed by atoms with Crippen LogP contribution < -0.4 is 5.32 Å². The molecule has 0 bridgehead atoms. The average Bonchev–Trinajstić information content (AvgIpc) is 2.39. The Hall–Kier alpha value is -0.650.